The highest BCUT2D eigenvalue weighted by Gasteiger charge is 2.06. The monoisotopic (exact) mass is 316 g/mol. The second-order valence-corrected chi connectivity index (χ2v) is 5.19. The van der Waals surface area contributed by atoms with Crippen molar-refractivity contribution in [3.8, 4) is 11.5 Å². The fourth-order valence-corrected chi connectivity index (χ4v) is 1.97. The number of hydrogen-bond donors (Lipinski definition) is 2. The Morgan fingerprint density at radius 3 is 2.87 bits per heavy atom. The van der Waals surface area contributed by atoms with Crippen molar-refractivity contribution in [3.05, 3.63) is 41.8 Å². The van der Waals surface area contributed by atoms with Crippen LogP contribution in [0.3, 0.4) is 0 Å². The van der Waals surface area contributed by atoms with Crippen LogP contribution < -0.4 is 11.1 Å². The number of benzene rings is 1. The summed E-state index contributed by atoms with van der Waals surface area (Å²) in [5, 5.41) is 3.05. The second-order valence-electron chi connectivity index (χ2n) is 5.19. The number of nitrogens with two attached hydrogens (primary N) is 1. The van der Waals surface area contributed by atoms with E-state index in [0.717, 1.165) is 37.4 Å². The molecule has 2 rings (SSSR count). The molecular formula is C17H24N4O2. The van der Waals surface area contributed by atoms with Crippen molar-refractivity contribution in [2.75, 3.05) is 19.8 Å². The molecule has 0 saturated carbocycles. The van der Waals surface area contributed by atoms with Crippen LogP contribution in [0.4, 0.5) is 0 Å². The van der Waals surface area contributed by atoms with Gasteiger partial charge in [0.2, 0.25) is 5.89 Å². The maximum Gasteiger partial charge on any atom is 0.226 e. The van der Waals surface area contributed by atoms with Crippen molar-refractivity contribution < 1.29 is 9.15 Å². The molecule has 0 atom stereocenters. The van der Waals surface area contributed by atoms with Crippen LogP contribution in [0.5, 0.6) is 0 Å². The van der Waals surface area contributed by atoms with Crippen LogP contribution in [0.2, 0.25) is 0 Å². The molecule has 0 aliphatic rings. The van der Waals surface area contributed by atoms with Crippen molar-refractivity contribution in [3.63, 3.8) is 0 Å². The molecule has 0 spiro atoms. The molecular weight excluding hydrogens is 292 g/mol. The number of oxazole rings is 1. The molecule has 2 aromatic rings. The Morgan fingerprint density at radius 1 is 1.35 bits per heavy atom. The molecule has 0 unspecified atom stereocenters. The SMILES string of the molecule is CCOCCCNC(N)=NCc1coc(-c2ccc(C)cc2)n1. The van der Waals surface area contributed by atoms with Gasteiger partial charge in [-0.25, -0.2) is 9.98 Å². The average Bonchev–Trinajstić information content (AvgIpc) is 3.02. The van der Waals surface area contributed by atoms with Gasteiger partial charge < -0.3 is 20.2 Å². The van der Waals surface area contributed by atoms with Gasteiger partial charge in [0, 0.05) is 25.3 Å². The third-order valence-electron chi connectivity index (χ3n) is 3.24. The van der Waals surface area contributed by atoms with E-state index in [-0.39, 0.29) is 0 Å². The van der Waals surface area contributed by atoms with Crippen LogP contribution in [0, 0.1) is 6.92 Å². The van der Waals surface area contributed by atoms with Gasteiger partial charge in [-0.2, -0.15) is 0 Å². The first-order valence-corrected chi connectivity index (χ1v) is 7.82. The largest absolute Gasteiger partial charge is 0.444 e. The normalized spacial score (nSPS) is 11.7. The summed E-state index contributed by atoms with van der Waals surface area (Å²) >= 11 is 0. The first kappa shape index (κ1) is 17.0. The van der Waals surface area contributed by atoms with Crippen LogP contribution in [-0.4, -0.2) is 30.7 Å². The quantitative estimate of drug-likeness (QED) is 0.444. The molecule has 124 valence electrons. The summed E-state index contributed by atoms with van der Waals surface area (Å²) in [6.07, 6.45) is 2.51. The van der Waals surface area contributed by atoms with Gasteiger partial charge in [0.1, 0.15) is 12.0 Å². The lowest BCUT2D eigenvalue weighted by Gasteiger charge is -2.04. The lowest BCUT2D eigenvalue weighted by Crippen LogP contribution is -2.32. The minimum atomic E-state index is 0.389. The lowest BCUT2D eigenvalue weighted by atomic mass is 10.1. The molecule has 6 nitrogen and oxygen atoms in total. The first-order valence-electron chi connectivity index (χ1n) is 7.82. The smallest absolute Gasteiger partial charge is 0.226 e. The zero-order valence-corrected chi connectivity index (χ0v) is 13.7. The minimum absolute atomic E-state index is 0.389. The molecule has 1 aromatic heterocycles. The maximum atomic E-state index is 5.81. The predicted molar refractivity (Wildman–Crippen MR) is 91.1 cm³/mol. The minimum Gasteiger partial charge on any atom is -0.444 e. The number of aromatic nitrogens is 1. The van der Waals surface area contributed by atoms with Crippen molar-refractivity contribution in [2.45, 2.75) is 26.8 Å². The molecule has 0 amide bonds. The molecule has 23 heavy (non-hydrogen) atoms. The third kappa shape index (κ3) is 5.75. The van der Waals surface area contributed by atoms with Crippen LogP contribution in [0.1, 0.15) is 24.6 Å². The number of guanidine groups is 1. The van der Waals surface area contributed by atoms with Crippen LogP contribution in [0.25, 0.3) is 11.5 Å². The highest BCUT2D eigenvalue weighted by atomic mass is 16.5. The fourth-order valence-electron chi connectivity index (χ4n) is 1.97. The molecule has 0 aliphatic carbocycles. The molecule has 0 radical (unpaired) electrons. The van der Waals surface area contributed by atoms with Gasteiger partial charge in [0.05, 0.1) is 6.54 Å². The van der Waals surface area contributed by atoms with E-state index in [4.69, 9.17) is 14.9 Å². The van der Waals surface area contributed by atoms with Crippen molar-refractivity contribution in [1.29, 1.82) is 0 Å². The summed E-state index contributed by atoms with van der Waals surface area (Å²) in [6, 6.07) is 8.04. The molecule has 0 bridgehead atoms. The summed E-state index contributed by atoms with van der Waals surface area (Å²) in [7, 11) is 0. The fraction of sp³-hybridized carbons (Fsp3) is 0.412. The second kappa shape index (κ2) is 8.95. The van der Waals surface area contributed by atoms with Gasteiger partial charge in [-0.15, -0.1) is 0 Å². The Kier molecular flexibility index (Phi) is 6.62. The zero-order chi connectivity index (χ0) is 16.5. The van der Waals surface area contributed by atoms with Crippen molar-refractivity contribution in [1.82, 2.24) is 10.3 Å². The van der Waals surface area contributed by atoms with E-state index in [0.29, 0.717) is 18.4 Å². The van der Waals surface area contributed by atoms with Gasteiger partial charge in [-0.05, 0) is 32.4 Å². The molecule has 1 aromatic carbocycles. The standard InChI is InChI=1S/C17H24N4O2/c1-3-22-10-4-9-19-17(18)20-11-15-12-23-16(21-15)14-7-5-13(2)6-8-14/h5-8,12H,3-4,9-11H2,1-2H3,(H3,18,19,20). The number of rotatable bonds is 8. The van der Waals surface area contributed by atoms with E-state index in [9.17, 15) is 0 Å². The number of hydrogen-bond acceptors (Lipinski definition) is 4. The van der Waals surface area contributed by atoms with E-state index in [2.05, 4.69) is 15.3 Å². The maximum absolute atomic E-state index is 5.81. The molecule has 0 fully saturated rings. The highest BCUT2D eigenvalue weighted by Crippen LogP contribution is 2.19. The molecule has 0 aliphatic heterocycles. The Labute approximate surface area is 136 Å². The van der Waals surface area contributed by atoms with Gasteiger partial charge in [-0.3, -0.25) is 0 Å². The van der Waals surface area contributed by atoms with E-state index in [1.54, 1.807) is 6.26 Å². The average molecular weight is 316 g/mol. The lowest BCUT2D eigenvalue weighted by molar-refractivity contribution is 0.145. The molecule has 0 saturated heterocycles. The van der Waals surface area contributed by atoms with Crippen LogP contribution >= 0.6 is 0 Å². The summed E-state index contributed by atoms with van der Waals surface area (Å²) in [4.78, 5) is 8.68. The van der Waals surface area contributed by atoms with Crippen molar-refractivity contribution >= 4 is 5.96 Å². The van der Waals surface area contributed by atoms with Gasteiger partial charge in [0.25, 0.3) is 0 Å². The number of aryl methyl sites for hydroxylation is 1. The summed E-state index contributed by atoms with van der Waals surface area (Å²) in [5.74, 6) is 1.000. The predicted octanol–water partition coefficient (Wildman–Crippen LogP) is 2.48. The van der Waals surface area contributed by atoms with E-state index in [1.807, 2.05) is 38.1 Å². The van der Waals surface area contributed by atoms with Crippen molar-refractivity contribution in [2.24, 2.45) is 10.7 Å². The Hall–Kier alpha value is -2.34. The van der Waals surface area contributed by atoms with E-state index >= 15 is 0 Å². The Bertz CT molecular complexity index is 620. The first-order chi connectivity index (χ1) is 11.2. The number of ether oxygens (including phenoxy) is 1. The zero-order valence-electron chi connectivity index (χ0n) is 13.7. The number of nitrogens with zero attached hydrogens (tertiary/aromatic N) is 2. The Morgan fingerprint density at radius 2 is 2.13 bits per heavy atom. The van der Waals surface area contributed by atoms with E-state index < -0.39 is 0 Å². The summed E-state index contributed by atoms with van der Waals surface area (Å²) in [5.41, 5.74) is 8.71. The van der Waals surface area contributed by atoms with Crippen LogP contribution in [-0.2, 0) is 11.3 Å². The molecule has 6 heteroatoms. The summed E-state index contributed by atoms with van der Waals surface area (Å²) in [6.45, 7) is 6.61. The highest BCUT2D eigenvalue weighted by molar-refractivity contribution is 5.77. The van der Waals surface area contributed by atoms with Gasteiger partial charge >= 0.3 is 0 Å². The third-order valence-corrected chi connectivity index (χ3v) is 3.24. The summed E-state index contributed by atoms with van der Waals surface area (Å²) < 4.78 is 10.7. The number of aliphatic imine (C=N–C) groups is 1. The molecule has 1 heterocycles. The number of nitrogens with one attached hydrogen (secondary N) is 1. The van der Waals surface area contributed by atoms with Gasteiger partial charge in [-0.1, -0.05) is 17.7 Å². The van der Waals surface area contributed by atoms with E-state index in [1.165, 1.54) is 5.56 Å². The topological polar surface area (TPSA) is 85.7 Å². The van der Waals surface area contributed by atoms with Crippen LogP contribution in [0.15, 0.2) is 39.9 Å². The van der Waals surface area contributed by atoms with Gasteiger partial charge in [0.15, 0.2) is 5.96 Å². The Balaban J connectivity index is 1.82. The molecule has 3 N–H and O–H groups in total.